The maximum Gasteiger partial charge on any atom is 0.255 e. The summed E-state index contributed by atoms with van der Waals surface area (Å²) in [6.07, 6.45) is 7.24. The number of nitrogens with zero attached hydrogens (tertiary/aromatic N) is 5. The molecule has 34 heavy (non-hydrogen) atoms. The summed E-state index contributed by atoms with van der Waals surface area (Å²) in [6.45, 7) is 2.00. The highest BCUT2D eigenvalue weighted by molar-refractivity contribution is 6.04. The van der Waals surface area contributed by atoms with Crippen molar-refractivity contribution >= 4 is 22.6 Å². The van der Waals surface area contributed by atoms with Gasteiger partial charge in [-0.25, -0.2) is 9.97 Å². The number of hydrogen-bond acceptors (Lipinski definition) is 5. The van der Waals surface area contributed by atoms with E-state index in [0.717, 1.165) is 39.1 Å². The normalized spacial score (nSPS) is 11.8. The Kier molecular flexibility index (Phi) is 5.58. The lowest BCUT2D eigenvalue weighted by Crippen LogP contribution is -2.13. The number of nitriles is 1. The van der Waals surface area contributed by atoms with Gasteiger partial charge >= 0.3 is 0 Å². The Morgan fingerprint density at radius 1 is 1.18 bits per heavy atom. The van der Waals surface area contributed by atoms with Gasteiger partial charge in [0.25, 0.3) is 5.91 Å². The Bertz CT molecular complexity index is 1510. The summed E-state index contributed by atoms with van der Waals surface area (Å²) in [6, 6.07) is 18.6. The number of rotatable bonds is 6. The number of aromatic nitrogens is 5. The van der Waals surface area contributed by atoms with Crippen molar-refractivity contribution in [1.82, 2.24) is 24.7 Å². The average molecular weight is 448 g/mol. The van der Waals surface area contributed by atoms with Crippen LogP contribution in [0.1, 0.15) is 27.5 Å². The van der Waals surface area contributed by atoms with Gasteiger partial charge in [0.15, 0.2) is 0 Å². The lowest BCUT2D eigenvalue weighted by molar-refractivity contribution is 0.102. The van der Waals surface area contributed by atoms with Crippen LogP contribution < -0.4 is 5.32 Å². The van der Waals surface area contributed by atoms with Gasteiger partial charge in [-0.3, -0.25) is 9.48 Å². The van der Waals surface area contributed by atoms with Crippen molar-refractivity contribution in [2.45, 2.75) is 19.4 Å². The predicted molar refractivity (Wildman–Crippen MR) is 129 cm³/mol. The van der Waals surface area contributed by atoms with E-state index in [0.29, 0.717) is 12.0 Å². The second kappa shape index (κ2) is 9.00. The molecular formula is C26H21N7O. The van der Waals surface area contributed by atoms with Crippen molar-refractivity contribution in [1.29, 1.82) is 5.26 Å². The van der Waals surface area contributed by atoms with Gasteiger partial charge in [-0.1, -0.05) is 29.8 Å². The van der Waals surface area contributed by atoms with E-state index >= 15 is 0 Å². The molecule has 0 aliphatic carbocycles. The molecule has 2 aromatic carbocycles. The molecule has 8 nitrogen and oxygen atoms in total. The lowest BCUT2D eigenvalue weighted by Gasteiger charge is -2.11. The summed E-state index contributed by atoms with van der Waals surface area (Å²) in [5.74, 6) is -0.195. The van der Waals surface area contributed by atoms with Crippen LogP contribution in [0, 0.1) is 18.3 Å². The average Bonchev–Trinajstić information content (AvgIpc) is 3.54. The molecule has 8 heteroatoms. The molecule has 0 fully saturated rings. The van der Waals surface area contributed by atoms with E-state index in [-0.39, 0.29) is 5.91 Å². The first-order chi connectivity index (χ1) is 16.6. The largest absolute Gasteiger partial charge is 0.346 e. The van der Waals surface area contributed by atoms with Gasteiger partial charge < -0.3 is 10.3 Å². The van der Waals surface area contributed by atoms with Crippen molar-refractivity contribution < 1.29 is 4.79 Å². The minimum Gasteiger partial charge on any atom is -0.346 e. The van der Waals surface area contributed by atoms with Crippen LogP contribution in [0.25, 0.3) is 22.3 Å². The van der Waals surface area contributed by atoms with Crippen LogP contribution in [-0.4, -0.2) is 30.6 Å². The van der Waals surface area contributed by atoms with Crippen LogP contribution in [0.15, 0.2) is 79.5 Å². The second-order valence-corrected chi connectivity index (χ2v) is 8.04. The van der Waals surface area contributed by atoms with Gasteiger partial charge in [-0.2, -0.15) is 10.4 Å². The molecule has 1 atom stereocenters. The molecule has 3 aromatic heterocycles. The number of carbonyl (C=O) groups excluding carboxylic acids is 1. The number of H-pyrrole nitrogens is 1. The van der Waals surface area contributed by atoms with E-state index in [1.165, 1.54) is 6.33 Å². The fourth-order valence-corrected chi connectivity index (χ4v) is 3.83. The third-order valence-corrected chi connectivity index (χ3v) is 5.62. The standard InChI is InChI=1S/C26H21N7O/c1-17-5-7-21(8-6-17)32-26(34)19-4-2-3-18(11-19)12-22(13-27)33-15-20(14-31-33)24-23-9-10-28-25(23)30-16-29-24/h2-11,14-16,22H,12H2,1H3,(H,32,34)(H,28,29,30). The van der Waals surface area contributed by atoms with Gasteiger partial charge in [0.05, 0.1) is 18.0 Å². The highest BCUT2D eigenvalue weighted by atomic mass is 16.1. The molecule has 5 aromatic rings. The van der Waals surface area contributed by atoms with Crippen molar-refractivity contribution in [3.8, 4) is 17.3 Å². The van der Waals surface area contributed by atoms with E-state index in [4.69, 9.17) is 0 Å². The first-order valence-electron chi connectivity index (χ1n) is 10.8. The summed E-state index contributed by atoms with van der Waals surface area (Å²) in [5.41, 5.74) is 5.57. The molecule has 0 radical (unpaired) electrons. The molecule has 5 rings (SSSR count). The van der Waals surface area contributed by atoms with E-state index in [2.05, 4.69) is 31.4 Å². The molecule has 0 saturated carbocycles. The van der Waals surface area contributed by atoms with Crippen molar-refractivity contribution in [3.05, 3.63) is 96.2 Å². The number of benzene rings is 2. The number of aryl methyl sites for hydroxylation is 1. The molecule has 3 heterocycles. The number of anilines is 1. The van der Waals surface area contributed by atoms with E-state index in [1.54, 1.807) is 16.9 Å². The summed E-state index contributed by atoms with van der Waals surface area (Å²) in [5, 5.41) is 18.1. The number of fused-ring (bicyclic) bond motifs is 1. The molecule has 166 valence electrons. The molecule has 0 aliphatic rings. The maximum atomic E-state index is 12.7. The fraction of sp³-hybridized carbons (Fsp3) is 0.115. The van der Waals surface area contributed by atoms with Crippen LogP contribution in [0.3, 0.4) is 0 Å². The van der Waals surface area contributed by atoms with E-state index in [1.807, 2.05) is 67.8 Å². The van der Waals surface area contributed by atoms with E-state index in [9.17, 15) is 10.1 Å². The molecule has 0 spiro atoms. The second-order valence-electron chi connectivity index (χ2n) is 8.04. The van der Waals surface area contributed by atoms with Gasteiger partial charge in [0, 0.05) is 41.0 Å². The zero-order chi connectivity index (χ0) is 23.5. The number of carbonyl (C=O) groups is 1. The highest BCUT2D eigenvalue weighted by Crippen LogP contribution is 2.25. The van der Waals surface area contributed by atoms with Gasteiger partial charge in [-0.05, 0) is 42.8 Å². The Morgan fingerprint density at radius 2 is 2.03 bits per heavy atom. The first-order valence-corrected chi connectivity index (χ1v) is 10.8. The van der Waals surface area contributed by atoms with Crippen LogP contribution >= 0.6 is 0 Å². The monoisotopic (exact) mass is 447 g/mol. The molecular weight excluding hydrogens is 426 g/mol. The van der Waals surface area contributed by atoms with Gasteiger partial charge in [0.2, 0.25) is 0 Å². The van der Waals surface area contributed by atoms with Crippen LogP contribution in [-0.2, 0) is 6.42 Å². The Morgan fingerprint density at radius 3 is 2.85 bits per heavy atom. The molecule has 1 amide bonds. The molecule has 2 N–H and O–H groups in total. The van der Waals surface area contributed by atoms with E-state index < -0.39 is 6.04 Å². The molecule has 0 bridgehead atoms. The SMILES string of the molecule is Cc1ccc(NC(=O)c2cccc(CC(C#N)n3cc(-c4ncnc5[nH]ccc45)cn3)c2)cc1. The lowest BCUT2D eigenvalue weighted by atomic mass is 10.0. The topological polar surface area (TPSA) is 112 Å². The number of aromatic amines is 1. The third-order valence-electron chi connectivity index (χ3n) is 5.62. The van der Waals surface area contributed by atoms with Crippen LogP contribution in [0.4, 0.5) is 5.69 Å². The fourth-order valence-electron chi connectivity index (χ4n) is 3.83. The minimum absolute atomic E-state index is 0.195. The highest BCUT2D eigenvalue weighted by Gasteiger charge is 2.16. The third kappa shape index (κ3) is 4.27. The first kappa shape index (κ1) is 21.1. The molecule has 0 saturated heterocycles. The Hall–Kier alpha value is -4.77. The Balaban J connectivity index is 1.34. The minimum atomic E-state index is -0.535. The quantitative estimate of drug-likeness (QED) is 0.392. The maximum absolute atomic E-state index is 12.7. The predicted octanol–water partition coefficient (Wildman–Crippen LogP) is 4.69. The zero-order valence-electron chi connectivity index (χ0n) is 18.4. The zero-order valence-corrected chi connectivity index (χ0v) is 18.4. The van der Waals surface area contributed by atoms with Crippen LogP contribution in [0.5, 0.6) is 0 Å². The molecule has 1 unspecified atom stereocenters. The summed E-state index contributed by atoms with van der Waals surface area (Å²) >= 11 is 0. The summed E-state index contributed by atoms with van der Waals surface area (Å²) < 4.78 is 1.63. The number of hydrogen-bond donors (Lipinski definition) is 2. The van der Waals surface area contributed by atoms with Crippen molar-refractivity contribution in [2.24, 2.45) is 0 Å². The number of amides is 1. The smallest absolute Gasteiger partial charge is 0.255 e. The van der Waals surface area contributed by atoms with Crippen molar-refractivity contribution in [2.75, 3.05) is 5.32 Å². The molecule has 0 aliphatic heterocycles. The van der Waals surface area contributed by atoms with Gasteiger partial charge in [-0.15, -0.1) is 0 Å². The van der Waals surface area contributed by atoms with Crippen LogP contribution in [0.2, 0.25) is 0 Å². The summed E-state index contributed by atoms with van der Waals surface area (Å²) in [4.78, 5) is 24.4. The van der Waals surface area contributed by atoms with Crippen molar-refractivity contribution in [3.63, 3.8) is 0 Å². The number of nitrogens with one attached hydrogen (secondary N) is 2. The Labute approximate surface area is 195 Å². The summed E-state index contributed by atoms with van der Waals surface area (Å²) in [7, 11) is 0. The van der Waals surface area contributed by atoms with Gasteiger partial charge in [0.1, 0.15) is 18.0 Å².